The third kappa shape index (κ3) is 6.22. The summed E-state index contributed by atoms with van der Waals surface area (Å²) in [5, 5.41) is 0. The van der Waals surface area contributed by atoms with E-state index >= 15 is 0 Å². The number of esters is 1. The predicted octanol–water partition coefficient (Wildman–Crippen LogP) is 3.85. The minimum absolute atomic E-state index is 0.148. The van der Waals surface area contributed by atoms with Gasteiger partial charge in [0.1, 0.15) is 0 Å². The average Bonchev–Trinajstić information content (AvgIpc) is 2.48. The van der Waals surface area contributed by atoms with Crippen LogP contribution in [0.3, 0.4) is 0 Å². The fourth-order valence-corrected chi connectivity index (χ4v) is 1.94. The smallest absolute Gasteiger partial charge is 0.331 e. The lowest BCUT2D eigenvalue weighted by Gasteiger charge is -2.16. The third-order valence-corrected chi connectivity index (χ3v) is 2.70. The van der Waals surface area contributed by atoms with Gasteiger partial charge in [0.25, 0.3) is 0 Å². The van der Waals surface area contributed by atoms with E-state index < -0.39 is 0 Å². The maximum atomic E-state index is 11.6. The van der Waals surface area contributed by atoms with Crippen LogP contribution in [0.25, 0.3) is 6.08 Å². The standard InChI is InChI=1S/C18H26O5/c1-6-20-15-11-14(9-10-17(19)23-13(4)5)12-16(21-7-2)18(15)22-8-3/h9-13H,6-8H2,1-5H3. The van der Waals surface area contributed by atoms with Crippen LogP contribution in [-0.2, 0) is 9.53 Å². The number of carbonyl (C=O) groups is 1. The summed E-state index contributed by atoms with van der Waals surface area (Å²) >= 11 is 0. The Kier molecular flexibility index (Phi) is 8.02. The van der Waals surface area contributed by atoms with Gasteiger partial charge in [-0.2, -0.15) is 0 Å². The van der Waals surface area contributed by atoms with Crippen molar-refractivity contribution < 1.29 is 23.7 Å². The van der Waals surface area contributed by atoms with Gasteiger partial charge < -0.3 is 18.9 Å². The molecule has 0 spiro atoms. The highest BCUT2D eigenvalue weighted by Crippen LogP contribution is 2.39. The molecule has 0 saturated carbocycles. The predicted molar refractivity (Wildman–Crippen MR) is 90.2 cm³/mol. The Labute approximate surface area is 138 Å². The molecule has 0 N–H and O–H groups in total. The Morgan fingerprint density at radius 2 is 1.52 bits per heavy atom. The molecule has 0 aliphatic carbocycles. The Hall–Kier alpha value is -2.17. The molecule has 1 aromatic rings. The fraction of sp³-hybridized carbons (Fsp3) is 0.500. The average molecular weight is 322 g/mol. The normalized spacial score (nSPS) is 10.9. The molecule has 0 radical (unpaired) electrons. The number of rotatable bonds is 9. The molecule has 0 heterocycles. The number of hydrogen-bond donors (Lipinski definition) is 0. The molecule has 0 unspecified atom stereocenters. The monoisotopic (exact) mass is 322 g/mol. The molecule has 5 nitrogen and oxygen atoms in total. The zero-order valence-electron chi connectivity index (χ0n) is 14.5. The van der Waals surface area contributed by atoms with Gasteiger partial charge >= 0.3 is 5.97 Å². The van der Waals surface area contributed by atoms with Crippen LogP contribution in [0.4, 0.5) is 0 Å². The van der Waals surface area contributed by atoms with Crippen LogP contribution in [-0.4, -0.2) is 31.9 Å². The Morgan fingerprint density at radius 3 is 1.96 bits per heavy atom. The van der Waals surface area contributed by atoms with Gasteiger partial charge in [-0.1, -0.05) is 0 Å². The molecule has 0 fully saturated rings. The van der Waals surface area contributed by atoms with Crippen molar-refractivity contribution in [2.45, 2.75) is 40.7 Å². The minimum atomic E-state index is -0.384. The third-order valence-electron chi connectivity index (χ3n) is 2.70. The highest BCUT2D eigenvalue weighted by Gasteiger charge is 2.14. The molecule has 0 amide bonds. The Balaban J connectivity index is 3.12. The summed E-state index contributed by atoms with van der Waals surface area (Å²) in [5.74, 6) is 1.39. The second-order valence-electron chi connectivity index (χ2n) is 4.96. The van der Waals surface area contributed by atoms with Gasteiger partial charge in [0.2, 0.25) is 5.75 Å². The number of carbonyl (C=O) groups excluding carboxylic acids is 1. The largest absolute Gasteiger partial charge is 0.490 e. The van der Waals surface area contributed by atoms with Crippen molar-refractivity contribution in [2.24, 2.45) is 0 Å². The van der Waals surface area contributed by atoms with Gasteiger partial charge in [0.15, 0.2) is 11.5 Å². The van der Waals surface area contributed by atoms with Crippen LogP contribution in [0.1, 0.15) is 40.2 Å². The van der Waals surface area contributed by atoms with Gasteiger partial charge in [-0.3, -0.25) is 0 Å². The van der Waals surface area contributed by atoms with Crippen molar-refractivity contribution in [3.63, 3.8) is 0 Å². The van der Waals surface area contributed by atoms with Gasteiger partial charge in [0, 0.05) is 6.08 Å². The first-order chi connectivity index (χ1) is 11.0. The Morgan fingerprint density at radius 1 is 1.00 bits per heavy atom. The van der Waals surface area contributed by atoms with Crippen LogP contribution in [0.2, 0.25) is 0 Å². The lowest BCUT2D eigenvalue weighted by Crippen LogP contribution is -2.08. The number of ether oxygens (including phenoxy) is 4. The molecule has 0 atom stereocenters. The SMILES string of the molecule is CCOc1cc(C=CC(=O)OC(C)C)cc(OCC)c1OCC. The highest BCUT2D eigenvalue weighted by molar-refractivity contribution is 5.87. The molecular weight excluding hydrogens is 296 g/mol. The molecule has 0 bridgehead atoms. The fourth-order valence-electron chi connectivity index (χ4n) is 1.94. The van der Waals surface area contributed by atoms with Crippen LogP contribution in [0.5, 0.6) is 17.2 Å². The van der Waals surface area contributed by atoms with Crippen molar-refractivity contribution in [3.8, 4) is 17.2 Å². The van der Waals surface area contributed by atoms with E-state index in [1.54, 1.807) is 6.08 Å². The number of benzene rings is 1. The van der Waals surface area contributed by atoms with Crippen LogP contribution < -0.4 is 14.2 Å². The molecule has 0 aliphatic rings. The van der Waals surface area contributed by atoms with Crippen LogP contribution >= 0.6 is 0 Å². The van der Waals surface area contributed by atoms with Crippen molar-refractivity contribution in [1.29, 1.82) is 0 Å². The van der Waals surface area contributed by atoms with Gasteiger partial charge in [-0.15, -0.1) is 0 Å². The van der Waals surface area contributed by atoms with E-state index in [0.29, 0.717) is 37.1 Å². The van der Waals surface area contributed by atoms with Crippen molar-refractivity contribution in [3.05, 3.63) is 23.8 Å². The van der Waals surface area contributed by atoms with E-state index in [1.807, 2.05) is 46.8 Å². The summed E-state index contributed by atoms with van der Waals surface area (Å²) in [5.41, 5.74) is 0.779. The summed E-state index contributed by atoms with van der Waals surface area (Å²) in [7, 11) is 0. The minimum Gasteiger partial charge on any atom is -0.490 e. The molecule has 0 aromatic heterocycles. The van der Waals surface area contributed by atoms with Gasteiger partial charge in [-0.25, -0.2) is 4.79 Å². The van der Waals surface area contributed by atoms with Crippen molar-refractivity contribution in [2.75, 3.05) is 19.8 Å². The van der Waals surface area contributed by atoms with E-state index in [9.17, 15) is 4.79 Å². The molecule has 0 aliphatic heterocycles. The quantitative estimate of drug-likeness (QED) is 0.510. The maximum absolute atomic E-state index is 11.6. The van der Waals surface area contributed by atoms with E-state index in [1.165, 1.54) is 6.08 Å². The van der Waals surface area contributed by atoms with Gasteiger partial charge in [0.05, 0.1) is 25.9 Å². The zero-order chi connectivity index (χ0) is 17.2. The molecule has 1 aromatic carbocycles. The van der Waals surface area contributed by atoms with E-state index in [2.05, 4.69) is 0 Å². The van der Waals surface area contributed by atoms with Crippen LogP contribution in [0, 0.1) is 0 Å². The maximum Gasteiger partial charge on any atom is 0.331 e. The molecule has 1 rings (SSSR count). The molecule has 0 saturated heterocycles. The van der Waals surface area contributed by atoms with E-state index in [-0.39, 0.29) is 12.1 Å². The summed E-state index contributed by atoms with van der Waals surface area (Å²) in [6, 6.07) is 3.63. The summed E-state index contributed by atoms with van der Waals surface area (Å²) in [6.07, 6.45) is 2.91. The van der Waals surface area contributed by atoms with Gasteiger partial charge in [-0.05, 0) is 58.4 Å². The summed E-state index contributed by atoms with van der Waals surface area (Å²) < 4.78 is 22.0. The topological polar surface area (TPSA) is 54.0 Å². The zero-order valence-corrected chi connectivity index (χ0v) is 14.5. The molecule has 128 valence electrons. The Bertz CT molecular complexity index is 507. The first-order valence-electron chi connectivity index (χ1n) is 7.96. The first-order valence-corrected chi connectivity index (χ1v) is 7.96. The lowest BCUT2D eigenvalue weighted by atomic mass is 10.1. The van der Waals surface area contributed by atoms with E-state index in [0.717, 1.165) is 5.56 Å². The summed E-state index contributed by atoms with van der Waals surface area (Å²) in [6.45, 7) is 10.9. The van der Waals surface area contributed by atoms with Crippen LogP contribution in [0.15, 0.2) is 18.2 Å². The molecular formula is C18H26O5. The first kappa shape index (κ1) is 18.9. The molecule has 23 heavy (non-hydrogen) atoms. The van der Waals surface area contributed by atoms with Crippen molar-refractivity contribution in [1.82, 2.24) is 0 Å². The number of hydrogen-bond acceptors (Lipinski definition) is 5. The highest BCUT2D eigenvalue weighted by atomic mass is 16.5. The summed E-state index contributed by atoms with van der Waals surface area (Å²) in [4.78, 5) is 11.6. The van der Waals surface area contributed by atoms with E-state index in [4.69, 9.17) is 18.9 Å². The lowest BCUT2D eigenvalue weighted by molar-refractivity contribution is -0.141. The second-order valence-corrected chi connectivity index (χ2v) is 4.96. The van der Waals surface area contributed by atoms with Crippen molar-refractivity contribution >= 4 is 12.0 Å². The molecule has 5 heteroatoms. The second kappa shape index (κ2) is 9.77.